The number of halogens is 3. The van der Waals surface area contributed by atoms with Gasteiger partial charge >= 0.3 is 6.18 Å². The highest BCUT2D eigenvalue weighted by molar-refractivity contribution is 7.09. The second-order valence-corrected chi connectivity index (χ2v) is 5.91. The molecule has 0 spiro atoms. The fourth-order valence-electron chi connectivity index (χ4n) is 1.84. The van der Waals surface area contributed by atoms with Crippen molar-refractivity contribution in [2.45, 2.75) is 32.5 Å². The molecular formula is C15H19F3N4OS. The van der Waals surface area contributed by atoms with Gasteiger partial charge in [0.05, 0.1) is 12.8 Å². The van der Waals surface area contributed by atoms with Crippen LogP contribution in [0.4, 0.5) is 13.2 Å². The van der Waals surface area contributed by atoms with Gasteiger partial charge in [0.25, 0.3) is 0 Å². The van der Waals surface area contributed by atoms with Crippen molar-refractivity contribution in [1.82, 2.24) is 15.6 Å². The van der Waals surface area contributed by atoms with Crippen LogP contribution in [0.25, 0.3) is 0 Å². The number of furan rings is 1. The third-order valence-electron chi connectivity index (χ3n) is 3.00. The van der Waals surface area contributed by atoms with E-state index in [0.29, 0.717) is 23.9 Å². The monoisotopic (exact) mass is 360 g/mol. The number of thiazole rings is 1. The average molecular weight is 360 g/mol. The molecule has 0 saturated carbocycles. The Labute approximate surface area is 142 Å². The van der Waals surface area contributed by atoms with Gasteiger partial charge in [-0.15, -0.1) is 11.3 Å². The zero-order chi connectivity index (χ0) is 17.4. The van der Waals surface area contributed by atoms with Gasteiger partial charge in [-0.25, -0.2) is 9.98 Å². The highest BCUT2D eigenvalue weighted by Crippen LogP contribution is 2.30. The van der Waals surface area contributed by atoms with Crippen molar-refractivity contribution in [2.24, 2.45) is 4.99 Å². The molecule has 24 heavy (non-hydrogen) atoms. The summed E-state index contributed by atoms with van der Waals surface area (Å²) in [5, 5.41) is 7.59. The average Bonchev–Trinajstić information content (AvgIpc) is 3.20. The summed E-state index contributed by atoms with van der Waals surface area (Å²) in [6, 6.07) is 3.70. The molecule has 0 fully saturated rings. The van der Waals surface area contributed by atoms with Crippen molar-refractivity contribution in [3.8, 4) is 0 Å². The fraction of sp³-hybridized carbons (Fsp3) is 0.467. The van der Waals surface area contributed by atoms with Gasteiger partial charge in [-0.2, -0.15) is 13.2 Å². The molecule has 0 aliphatic rings. The first kappa shape index (κ1) is 18.3. The molecule has 0 aromatic carbocycles. The number of aliphatic imine (C=N–C) groups is 1. The molecule has 2 heterocycles. The van der Waals surface area contributed by atoms with E-state index in [0.717, 1.165) is 35.4 Å². The van der Waals surface area contributed by atoms with Gasteiger partial charge in [0.2, 0.25) is 0 Å². The normalized spacial score (nSPS) is 12.4. The summed E-state index contributed by atoms with van der Waals surface area (Å²) in [6.45, 7) is 3.44. The smallest absolute Gasteiger partial charge is 0.434 e. The van der Waals surface area contributed by atoms with Crippen LogP contribution in [0.1, 0.15) is 29.8 Å². The molecule has 0 radical (unpaired) electrons. The Balaban J connectivity index is 1.90. The molecule has 0 atom stereocenters. The van der Waals surface area contributed by atoms with Gasteiger partial charge < -0.3 is 15.1 Å². The van der Waals surface area contributed by atoms with Crippen LogP contribution >= 0.6 is 11.3 Å². The molecule has 132 valence electrons. The van der Waals surface area contributed by atoms with Crippen LogP contribution in [0.5, 0.6) is 0 Å². The van der Waals surface area contributed by atoms with Crippen LogP contribution in [-0.2, 0) is 19.1 Å². The predicted molar refractivity (Wildman–Crippen MR) is 87.0 cm³/mol. The summed E-state index contributed by atoms with van der Waals surface area (Å²) in [5.41, 5.74) is -0.869. The minimum absolute atomic E-state index is 0.0978. The summed E-state index contributed by atoms with van der Waals surface area (Å²) >= 11 is 0.955. The van der Waals surface area contributed by atoms with Crippen LogP contribution in [-0.4, -0.2) is 24.0 Å². The Kier molecular flexibility index (Phi) is 6.65. The van der Waals surface area contributed by atoms with Gasteiger partial charge in [0, 0.05) is 24.9 Å². The van der Waals surface area contributed by atoms with Gasteiger partial charge in [-0.3, -0.25) is 0 Å². The molecular weight excluding hydrogens is 341 g/mol. The van der Waals surface area contributed by atoms with Gasteiger partial charge in [-0.05, 0) is 18.6 Å². The van der Waals surface area contributed by atoms with E-state index in [1.54, 1.807) is 6.26 Å². The molecule has 2 aromatic heterocycles. The molecule has 2 aromatic rings. The van der Waals surface area contributed by atoms with E-state index in [4.69, 9.17) is 4.42 Å². The Morgan fingerprint density at radius 1 is 1.33 bits per heavy atom. The first-order chi connectivity index (χ1) is 11.5. The number of rotatable bonds is 7. The Morgan fingerprint density at radius 2 is 2.12 bits per heavy atom. The highest BCUT2D eigenvalue weighted by Gasteiger charge is 2.33. The lowest BCUT2D eigenvalue weighted by Gasteiger charge is -2.11. The zero-order valence-electron chi connectivity index (χ0n) is 13.2. The third kappa shape index (κ3) is 5.88. The quantitative estimate of drug-likeness (QED) is 0.586. The van der Waals surface area contributed by atoms with Crippen molar-refractivity contribution in [3.05, 3.63) is 40.2 Å². The molecule has 0 amide bonds. The molecule has 0 bridgehead atoms. The summed E-state index contributed by atoms with van der Waals surface area (Å²) < 4.78 is 42.9. The van der Waals surface area contributed by atoms with Gasteiger partial charge in [0.15, 0.2) is 11.7 Å². The zero-order valence-corrected chi connectivity index (χ0v) is 14.0. The van der Waals surface area contributed by atoms with Gasteiger partial charge in [0.1, 0.15) is 10.8 Å². The van der Waals surface area contributed by atoms with Crippen LogP contribution in [0.2, 0.25) is 0 Å². The molecule has 0 aliphatic heterocycles. The minimum atomic E-state index is -4.41. The second kappa shape index (κ2) is 8.72. The SMILES string of the molecule is CCCNC(=NCc1nc(C(F)(F)F)cs1)NCCc1ccco1. The molecule has 5 nitrogen and oxygen atoms in total. The maximum absolute atomic E-state index is 12.5. The van der Waals surface area contributed by atoms with E-state index >= 15 is 0 Å². The van der Waals surface area contributed by atoms with Crippen LogP contribution < -0.4 is 10.6 Å². The number of hydrogen-bond acceptors (Lipinski definition) is 4. The van der Waals surface area contributed by atoms with Crippen molar-refractivity contribution in [3.63, 3.8) is 0 Å². The third-order valence-corrected chi connectivity index (χ3v) is 3.83. The van der Waals surface area contributed by atoms with E-state index in [9.17, 15) is 13.2 Å². The lowest BCUT2D eigenvalue weighted by molar-refractivity contribution is -0.140. The minimum Gasteiger partial charge on any atom is -0.469 e. The largest absolute Gasteiger partial charge is 0.469 e. The van der Waals surface area contributed by atoms with E-state index in [2.05, 4.69) is 20.6 Å². The van der Waals surface area contributed by atoms with E-state index in [1.165, 1.54) is 0 Å². The summed E-state index contributed by atoms with van der Waals surface area (Å²) in [6.07, 6.45) is -1.20. The lowest BCUT2D eigenvalue weighted by atomic mass is 10.3. The summed E-state index contributed by atoms with van der Waals surface area (Å²) in [7, 11) is 0. The van der Waals surface area contributed by atoms with Crippen LogP contribution in [0.3, 0.4) is 0 Å². The Bertz CT molecular complexity index is 637. The fourth-order valence-corrected chi connectivity index (χ4v) is 2.56. The molecule has 0 aliphatic carbocycles. The molecule has 2 N–H and O–H groups in total. The van der Waals surface area contributed by atoms with E-state index in [-0.39, 0.29) is 6.54 Å². The maximum Gasteiger partial charge on any atom is 0.434 e. The van der Waals surface area contributed by atoms with Crippen LogP contribution in [0, 0.1) is 0 Å². The van der Waals surface area contributed by atoms with Crippen molar-refractivity contribution in [1.29, 1.82) is 0 Å². The molecule has 0 unspecified atom stereocenters. The summed E-state index contributed by atoms with van der Waals surface area (Å²) in [5.74, 6) is 1.40. The first-order valence-electron chi connectivity index (χ1n) is 7.55. The highest BCUT2D eigenvalue weighted by atomic mass is 32.1. The number of nitrogens with one attached hydrogen (secondary N) is 2. The number of nitrogens with zero attached hydrogens (tertiary/aromatic N) is 2. The number of guanidine groups is 1. The van der Waals surface area contributed by atoms with E-state index < -0.39 is 11.9 Å². The number of hydrogen-bond donors (Lipinski definition) is 2. The van der Waals surface area contributed by atoms with Gasteiger partial charge in [-0.1, -0.05) is 6.92 Å². The van der Waals surface area contributed by atoms with Crippen LogP contribution in [0.15, 0.2) is 33.2 Å². The second-order valence-electron chi connectivity index (χ2n) is 4.97. The standard InChI is InChI=1S/C15H19F3N4OS/c1-2-6-19-14(20-7-5-11-4-3-8-23-11)21-9-13-22-12(10-24-13)15(16,17)18/h3-4,8,10H,2,5-7,9H2,1H3,(H2,19,20,21). The maximum atomic E-state index is 12.5. The lowest BCUT2D eigenvalue weighted by Crippen LogP contribution is -2.38. The molecule has 9 heteroatoms. The van der Waals surface area contributed by atoms with Crippen molar-refractivity contribution >= 4 is 17.3 Å². The molecule has 2 rings (SSSR count). The molecule has 0 saturated heterocycles. The number of aromatic nitrogens is 1. The van der Waals surface area contributed by atoms with E-state index in [1.807, 2.05) is 19.1 Å². The summed E-state index contributed by atoms with van der Waals surface area (Å²) in [4.78, 5) is 7.86. The predicted octanol–water partition coefficient (Wildman–Crippen LogP) is 3.44. The van der Waals surface area contributed by atoms with Crippen molar-refractivity contribution < 1.29 is 17.6 Å². The Hall–Kier alpha value is -2.03. The Morgan fingerprint density at radius 3 is 2.75 bits per heavy atom. The topological polar surface area (TPSA) is 62.5 Å². The number of alkyl halides is 3. The van der Waals surface area contributed by atoms with Crippen molar-refractivity contribution in [2.75, 3.05) is 13.1 Å². The first-order valence-corrected chi connectivity index (χ1v) is 8.43.